The number of halogens is 1. The molecule has 0 radical (unpaired) electrons. The van der Waals surface area contributed by atoms with E-state index in [0.29, 0.717) is 0 Å². The van der Waals surface area contributed by atoms with Crippen molar-refractivity contribution in [3.05, 3.63) is 33.8 Å². The molecule has 0 spiro atoms. The molecule has 0 fully saturated rings. The Bertz CT molecular complexity index is 347. The van der Waals surface area contributed by atoms with Crippen molar-refractivity contribution in [2.24, 2.45) is 0 Å². The number of aryl methyl sites for hydroxylation is 1. The van der Waals surface area contributed by atoms with Crippen molar-refractivity contribution in [3.8, 4) is 0 Å². The quantitative estimate of drug-likeness (QED) is 0.761. The summed E-state index contributed by atoms with van der Waals surface area (Å²) in [7, 11) is 1.41. The fourth-order valence-electron chi connectivity index (χ4n) is 1.31. The molecular formula is C11H13BrO2. The molecule has 0 aliphatic heterocycles. The molecule has 0 aliphatic rings. The minimum Gasteiger partial charge on any atom is -0.469 e. The molecule has 2 nitrogen and oxygen atoms in total. The van der Waals surface area contributed by atoms with Gasteiger partial charge in [-0.05, 0) is 25.0 Å². The minimum absolute atomic E-state index is 0.212. The van der Waals surface area contributed by atoms with Crippen LogP contribution in [0.3, 0.4) is 0 Å². The van der Waals surface area contributed by atoms with Gasteiger partial charge in [0.05, 0.1) is 13.0 Å². The van der Waals surface area contributed by atoms with Crippen LogP contribution in [-0.2, 0) is 9.53 Å². The van der Waals surface area contributed by atoms with Crippen molar-refractivity contribution in [3.63, 3.8) is 0 Å². The van der Waals surface area contributed by atoms with Gasteiger partial charge in [-0.2, -0.15) is 0 Å². The summed E-state index contributed by atoms with van der Waals surface area (Å²) in [5.74, 6) is -0.439. The summed E-state index contributed by atoms with van der Waals surface area (Å²) in [6.07, 6.45) is 0. The van der Waals surface area contributed by atoms with Gasteiger partial charge in [-0.3, -0.25) is 4.79 Å². The smallest absolute Gasteiger partial charge is 0.312 e. The lowest BCUT2D eigenvalue weighted by molar-refractivity contribution is -0.142. The van der Waals surface area contributed by atoms with E-state index in [9.17, 15) is 4.79 Å². The Balaban J connectivity index is 3.07. The van der Waals surface area contributed by atoms with E-state index in [1.54, 1.807) is 0 Å². The third-order valence-electron chi connectivity index (χ3n) is 2.24. The molecule has 1 aromatic carbocycles. The van der Waals surface area contributed by atoms with Crippen molar-refractivity contribution >= 4 is 21.9 Å². The van der Waals surface area contributed by atoms with Gasteiger partial charge in [-0.15, -0.1) is 0 Å². The van der Waals surface area contributed by atoms with E-state index in [1.807, 2.05) is 32.0 Å². The monoisotopic (exact) mass is 256 g/mol. The van der Waals surface area contributed by atoms with Crippen molar-refractivity contribution in [2.75, 3.05) is 7.11 Å². The van der Waals surface area contributed by atoms with Gasteiger partial charge >= 0.3 is 5.97 Å². The average molecular weight is 257 g/mol. The van der Waals surface area contributed by atoms with Gasteiger partial charge in [-0.1, -0.05) is 34.1 Å². The van der Waals surface area contributed by atoms with E-state index in [4.69, 9.17) is 4.74 Å². The maximum atomic E-state index is 11.3. The van der Waals surface area contributed by atoms with Crippen molar-refractivity contribution in [1.82, 2.24) is 0 Å². The summed E-state index contributed by atoms with van der Waals surface area (Å²) < 4.78 is 5.69. The molecule has 0 aromatic heterocycles. The molecule has 1 unspecified atom stereocenters. The fraction of sp³-hybridized carbons (Fsp3) is 0.364. The van der Waals surface area contributed by atoms with Gasteiger partial charge in [0, 0.05) is 4.47 Å². The molecule has 1 atom stereocenters. The Hall–Kier alpha value is -0.830. The lowest BCUT2D eigenvalue weighted by Crippen LogP contribution is -2.11. The minimum atomic E-state index is -0.228. The number of methoxy groups -OCH3 is 1. The lowest BCUT2D eigenvalue weighted by Gasteiger charge is -2.12. The third kappa shape index (κ3) is 2.15. The summed E-state index contributed by atoms with van der Waals surface area (Å²) in [4.78, 5) is 11.3. The van der Waals surface area contributed by atoms with Crippen LogP contribution in [0.1, 0.15) is 24.0 Å². The summed E-state index contributed by atoms with van der Waals surface area (Å²) in [6.45, 7) is 3.84. The standard InChI is InChI=1S/C11H13BrO2/c1-7-5-4-6-9(10(7)12)8(2)11(13)14-3/h4-6,8H,1-3H3. The summed E-state index contributed by atoms with van der Waals surface area (Å²) in [6, 6.07) is 5.87. The first-order valence-corrected chi connectivity index (χ1v) is 5.20. The van der Waals surface area contributed by atoms with Crippen LogP contribution in [0.25, 0.3) is 0 Å². The number of rotatable bonds is 2. The molecule has 76 valence electrons. The van der Waals surface area contributed by atoms with Crippen LogP contribution in [0.5, 0.6) is 0 Å². The van der Waals surface area contributed by atoms with Gasteiger partial charge in [0.2, 0.25) is 0 Å². The van der Waals surface area contributed by atoms with Crippen LogP contribution in [0.4, 0.5) is 0 Å². The Labute approximate surface area is 92.4 Å². The number of esters is 1. The Morgan fingerprint density at radius 1 is 1.50 bits per heavy atom. The number of hydrogen-bond donors (Lipinski definition) is 0. The lowest BCUT2D eigenvalue weighted by atomic mass is 10.00. The predicted octanol–water partition coefficient (Wildman–Crippen LogP) is 3.03. The first-order valence-electron chi connectivity index (χ1n) is 4.40. The van der Waals surface area contributed by atoms with E-state index in [1.165, 1.54) is 7.11 Å². The highest BCUT2D eigenvalue weighted by Gasteiger charge is 2.18. The highest BCUT2D eigenvalue weighted by molar-refractivity contribution is 9.10. The molecule has 1 rings (SSSR count). The number of benzene rings is 1. The topological polar surface area (TPSA) is 26.3 Å². The maximum Gasteiger partial charge on any atom is 0.312 e. The molecule has 1 aromatic rings. The second-order valence-electron chi connectivity index (χ2n) is 3.22. The van der Waals surface area contributed by atoms with E-state index >= 15 is 0 Å². The van der Waals surface area contributed by atoms with E-state index in [0.717, 1.165) is 15.6 Å². The van der Waals surface area contributed by atoms with Gasteiger partial charge in [0.15, 0.2) is 0 Å². The first kappa shape index (κ1) is 11.2. The Morgan fingerprint density at radius 2 is 2.14 bits per heavy atom. The molecule has 0 amide bonds. The van der Waals surface area contributed by atoms with Gasteiger partial charge < -0.3 is 4.74 Å². The second kappa shape index (κ2) is 4.60. The molecular weight excluding hydrogens is 244 g/mol. The predicted molar refractivity (Wildman–Crippen MR) is 59.3 cm³/mol. The van der Waals surface area contributed by atoms with Crippen molar-refractivity contribution in [2.45, 2.75) is 19.8 Å². The molecule has 0 saturated carbocycles. The molecule has 0 heterocycles. The van der Waals surface area contributed by atoms with Crippen LogP contribution in [0, 0.1) is 6.92 Å². The molecule has 0 saturated heterocycles. The Morgan fingerprint density at radius 3 is 2.71 bits per heavy atom. The third-order valence-corrected chi connectivity index (χ3v) is 3.33. The molecule has 14 heavy (non-hydrogen) atoms. The largest absolute Gasteiger partial charge is 0.469 e. The number of carbonyl (C=O) groups is 1. The zero-order chi connectivity index (χ0) is 10.7. The average Bonchev–Trinajstić information content (AvgIpc) is 2.20. The molecule has 3 heteroatoms. The second-order valence-corrected chi connectivity index (χ2v) is 4.02. The van der Waals surface area contributed by atoms with Crippen LogP contribution < -0.4 is 0 Å². The van der Waals surface area contributed by atoms with Gasteiger partial charge in [-0.25, -0.2) is 0 Å². The summed E-state index contributed by atoms with van der Waals surface area (Å²) in [5.41, 5.74) is 2.09. The SMILES string of the molecule is COC(=O)C(C)c1cccc(C)c1Br. The Kier molecular flexibility index (Phi) is 3.69. The van der Waals surface area contributed by atoms with E-state index < -0.39 is 0 Å². The number of hydrogen-bond acceptors (Lipinski definition) is 2. The van der Waals surface area contributed by atoms with Gasteiger partial charge in [0.25, 0.3) is 0 Å². The van der Waals surface area contributed by atoms with E-state index in [2.05, 4.69) is 15.9 Å². The van der Waals surface area contributed by atoms with E-state index in [-0.39, 0.29) is 11.9 Å². The number of carbonyl (C=O) groups excluding carboxylic acids is 1. The fourth-order valence-corrected chi connectivity index (χ4v) is 1.92. The first-order chi connectivity index (χ1) is 6.57. The van der Waals surface area contributed by atoms with Crippen LogP contribution in [0.15, 0.2) is 22.7 Å². The molecule has 0 aliphatic carbocycles. The zero-order valence-corrected chi connectivity index (χ0v) is 10.1. The molecule has 0 bridgehead atoms. The van der Waals surface area contributed by atoms with Crippen molar-refractivity contribution < 1.29 is 9.53 Å². The maximum absolute atomic E-state index is 11.3. The number of ether oxygens (including phenoxy) is 1. The molecule has 0 N–H and O–H groups in total. The summed E-state index contributed by atoms with van der Waals surface area (Å²) in [5, 5.41) is 0. The van der Waals surface area contributed by atoms with Crippen LogP contribution in [0.2, 0.25) is 0 Å². The van der Waals surface area contributed by atoms with Crippen molar-refractivity contribution in [1.29, 1.82) is 0 Å². The zero-order valence-electron chi connectivity index (χ0n) is 8.50. The van der Waals surface area contributed by atoms with Gasteiger partial charge in [0.1, 0.15) is 0 Å². The van der Waals surface area contributed by atoms with Crippen LogP contribution >= 0.6 is 15.9 Å². The van der Waals surface area contributed by atoms with Crippen LogP contribution in [-0.4, -0.2) is 13.1 Å². The normalized spacial score (nSPS) is 12.3. The highest BCUT2D eigenvalue weighted by Crippen LogP contribution is 2.28. The summed E-state index contributed by atoms with van der Waals surface area (Å²) >= 11 is 3.47. The highest BCUT2D eigenvalue weighted by atomic mass is 79.9.